The van der Waals surface area contributed by atoms with Crippen molar-refractivity contribution in [3.63, 3.8) is 0 Å². The summed E-state index contributed by atoms with van der Waals surface area (Å²) in [7, 11) is -4.09. The molecule has 4 aliphatic rings. The minimum Gasteiger partial charge on any atom is -0.377 e. The average molecular weight is 896 g/mol. The summed E-state index contributed by atoms with van der Waals surface area (Å²) < 4.78 is 59.9. The van der Waals surface area contributed by atoms with Crippen molar-refractivity contribution in [2.45, 2.75) is 56.7 Å². The number of carbonyl (C=O) groups excluding carboxylic acids is 3. The van der Waals surface area contributed by atoms with E-state index < -0.39 is 51.1 Å². The minimum absolute atomic E-state index is 0.00642. The number of fused-ring (bicyclic) bond motifs is 1. The molecular weight excluding hydrogens is 845 g/mol. The standard InChI is InChI=1S/C46H51F2N9O6S/c47-37-11-12-38(53-64(62,63)57-17-1-2-18-57)43(48)42(37)44(60)36-27-50-45-35(36)25-32(26-49-45)30-5-9-34(10-6-30)55-21-23-56(24-22-55)41(59)28-54-19-15-31(16-20-54)29-3-7-33(8-4-29)51-39-13-14-40(58)52-46(39)61/h3-12,25-27,31,39,41,51,53,59H,1-2,13-24,28H2,(H,49,50)(H,52,58,61). The maximum atomic E-state index is 15.7. The third kappa shape index (κ3) is 9.23. The number of ketones is 1. The SMILES string of the molecule is O=C1CCC(Nc2ccc(C3CCN(CC(O)N4CCN(c5ccc(-c6cnc7[nH]cc(C(=O)c8c(F)ccc(NS(=O)(=O)N9CCCC9)c8F)c7c6)cc5)CC4)CC3)cc2)C(=O)N1. The number of imide groups is 1. The van der Waals surface area contributed by atoms with Gasteiger partial charge in [-0.15, -0.1) is 0 Å². The molecule has 0 saturated carbocycles. The molecule has 0 aliphatic carbocycles. The largest absolute Gasteiger partial charge is 0.377 e. The van der Waals surface area contributed by atoms with Gasteiger partial charge in [0.15, 0.2) is 5.82 Å². The number of β-amino-alcohol motifs (C(OH)–C–C–N with tert-alkyl or cyclic N) is 1. The monoisotopic (exact) mass is 895 g/mol. The molecule has 6 heterocycles. The number of pyridine rings is 1. The number of carbonyl (C=O) groups is 3. The molecule has 5 aromatic rings. The number of nitrogens with one attached hydrogen (secondary N) is 4. The molecule has 9 rings (SSSR count). The summed E-state index contributed by atoms with van der Waals surface area (Å²) in [5.41, 5.74) is 3.62. The van der Waals surface area contributed by atoms with Crippen molar-refractivity contribution in [2.24, 2.45) is 0 Å². The van der Waals surface area contributed by atoms with Gasteiger partial charge < -0.3 is 20.3 Å². The van der Waals surface area contributed by atoms with E-state index in [0.717, 1.165) is 68.1 Å². The molecule has 0 spiro atoms. The molecule has 2 atom stereocenters. The van der Waals surface area contributed by atoms with Gasteiger partial charge in [-0.2, -0.15) is 12.7 Å². The number of aliphatic hydroxyl groups excluding tert-OH is 1. The van der Waals surface area contributed by atoms with E-state index in [9.17, 15) is 27.9 Å². The van der Waals surface area contributed by atoms with Gasteiger partial charge in [-0.3, -0.25) is 34.2 Å². The zero-order valence-corrected chi connectivity index (χ0v) is 36.0. The molecule has 15 nitrogen and oxygen atoms in total. The van der Waals surface area contributed by atoms with Crippen molar-refractivity contribution in [3.05, 3.63) is 107 Å². The van der Waals surface area contributed by atoms with Crippen molar-refractivity contribution < 1.29 is 36.7 Å². The second-order valence-electron chi connectivity index (χ2n) is 17.0. The van der Waals surface area contributed by atoms with Gasteiger partial charge >= 0.3 is 10.2 Å². The molecule has 0 bridgehead atoms. The summed E-state index contributed by atoms with van der Waals surface area (Å²) >= 11 is 0. The molecule has 5 N–H and O–H groups in total. The van der Waals surface area contributed by atoms with Crippen LogP contribution in [0.25, 0.3) is 22.2 Å². The van der Waals surface area contributed by atoms with Crippen LogP contribution in [-0.2, 0) is 19.8 Å². The molecule has 0 radical (unpaired) electrons. The van der Waals surface area contributed by atoms with Gasteiger partial charge in [0.25, 0.3) is 0 Å². The average Bonchev–Trinajstić information content (AvgIpc) is 4.01. The highest BCUT2D eigenvalue weighted by Gasteiger charge is 2.31. The first-order chi connectivity index (χ1) is 30.9. The van der Waals surface area contributed by atoms with Crippen LogP contribution >= 0.6 is 0 Å². The molecule has 4 saturated heterocycles. The molecule has 3 aromatic carbocycles. The Morgan fingerprint density at radius 1 is 0.875 bits per heavy atom. The number of aromatic nitrogens is 2. The summed E-state index contributed by atoms with van der Waals surface area (Å²) in [6.07, 6.45) is 6.59. The molecule has 2 unspecified atom stereocenters. The number of H-pyrrole nitrogens is 1. The Labute approximate surface area is 370 Å². The molecule has 2 aromatic heterocycles. The van der Waals surface area contributed by atoms with Crippen molar-refractivity contribution in [2.75, 3.05) is 73.8 Å². The lowest BCUT2D eigenvalue weighted by Gasteiger charge is -2.41. The number of piperazine rings is 1. The van der Waals surface area contributed by atoms with Crippen molar-refractivity contribution in [3.8, 4) is 11.1 Å². The van der Waals surface area contributed by atoms with Crippen LogP contribution in [0.4, 0.5) is 25.8 Å². The van der Waals surface area contributed by atoms with Crippen LogP contribution in [0.1, 0.15) is 65.9 Å². The predicted octanol–water partition coefficient (Wildman–Crippen LogP) is 5.03. The number of benzene rings is 3. The summed E-state index contributed by atoms with van der Waals surface area (Å²) in [5.74, 6) is -3.45. The van der Waals surface area contributed by atoms with Gasteiger partial charge in [0.05, 0.1) is 11.3 Å². The number of hydrogen-bond donors (Lipinski definition) is 5. The summed E-state index contributed by atoms with van der Waals surface area (Å²) in [5, 5.41) is 17.2. The summed E-state index contributed by atoms with van der Waals surface area (Å²) in [6.45, 7) is 5.84. The minimum atomic E-state index is -4.09. The number of anilines is 3. The zero-order valence-electron chi connectivity index (χ0n) is 35.2. The second-order valence-corrected chi connectivity index (χ2v) is 18.7. The van der Waals surface area contributed by atoms with Gasteiger partial charge in [-0.25, -0.2) is 13.8 Å². The number of aromatic amines is 1. The van der Waals surface area contributed by atoms with Crippen molar-refractivity contribution in [1.82, 2.24) is 29.4 Å². The van der Waals surface area contributed by atoms with Crippen LogP contribution in [0.2, 0.25) is 0 Å². The second kappa shape index (κ2) is 18.4. The van der Waals surface area contributed by atoms with Gasteiger partial charge in [0, 0.05) is 92.5 Å². The molecule has 2 amide bonds. The molecule has 4 aliphatic heterocycles. The number of piperidine rings is 2. The molecule has 18 heteroatoms. The maximum Gasteiger partial charge on any atom is 0.301 e. The Balaban J connectivity index is 0.770. The van der Waals surface area contributed by atoms with Gasteiger partial charge in [-0.05, 0) is 105 Å². The maximum absolute atomic E-state index is 15.7. The van der Waals surface area contributed by atoms with Gasteiger partial charge in [0.1, 0.15) is 23.7 Å². The fourth-order valence-corrected chi connectivity index (χ4v) is 10.6. The lowest BCUT2D eigenvalue weighted by atomic mass is 9.89. The Hall–Kier alpha value is -5.79. The van der Waals surface area contributed by atoms with Crippen LogP contribution in [0, 0.1) is 11.6 Å². The lowest BCUT2D eigenvalue weighted by molar-refractivity contribution is -0.133. The van der Waals surface area contributed by atoms with E-state index in [1.807, 2.05) is 36.4 Å². The first-order valence-corrected chi connectivity index (χ1v) is 23.3. The van der Waals surface area contributed by atoms with E-state index >= 15 is 8.78 Å². The molecule has 4 fully saturated rings. The van der Waals surface area contributed by atoms with Crippen molar-refractivity contribution >= 4 is 55.9 Å². The normalized spacial score (nSPS) is 20.1. The van der Waals surface area contributed by atoms with E-state index in [1.165, 1.54) is 16.1 Å². The lowest BCUT2D eigenvalue weighted by Crippen LogP contribution is -2.54. The molecular formula is C46H51F2N9O6S. The van der Waals surface area contributed by atoms with Crippen LogP contribution in [0.15, 0.2) is 79.1 Å². The Kier molecular flexibility index (Phi) is 12.5. The predicted molar refractivity (Wildman–Crippen MR) is 239 cm³/mol. The Bertz CT molecular complexity index is 2640. The highest BCUT2D eigenvalue weighted by molar-refractivity contribution is 7.90. The highest BCUT2D eigenvalue weighted by Crippen LogP contribution is 2.33. The van der Waals surface area contributed by atoms with Crippen molar-refractivity contribution in [1.29, 1.82) is 0 Å². The third-order valence-corrected chi connectivity index (χ3v) is 14.5. The number of rotatable bonds is 13. The van der Waals surface area contributed by atoms with E-state index in [-0.39, 0.29) is 17.4 Å². The summed E-state index contributed by atoms with van der Waals surface area (Å²) in [4.78, 5) is 51.4. The van der Waals surface area contributed by atoms with Crippen LogP contribution < -0.4 is 20.3 Å². The fourth-order valence-electron chi connectivity index (χ4n) is 9.28. The fraction of sp³-hybridized carbons (Fsp3) is 0.391. The first-order valence-electron chi connectivity index (χ1n) is 21.9. The third-order valence-electron chi connectivity index (χ3n) is 13.0. The van der Waals surface area contributed by atoms with Crippen LogP contribution in [0.5, 0.6) is 0 Å². The van der Waals surface area contributed by atoms with Gasteiger partial charge in [0.2, 0.25) is 17.6 Å². The van der Waals surface area contributed by atoms with E-state index in [0.29, 0.717) is 80.9 Å². The molecule has 64 heavy (non-hydrogen) atoms. The van der Waals surface area contributed by atoms with Gasteiger partial charge in [-0.1, -0.05) is 24.3 Å². The number of halogens is 2. The van der Waals surface area contributed by atoms with E-state index in [1.54, 1.807) is 12.3 Å². The topological polar surface area (TPSA) is 183 Å². The Morgan fingerprint density at radius 2 is 1.59 bits per heavy atom. The number of likely N-dealkylation sites (tertiary alicyclic amines) is 1. The molecule has 336 valence electrons. The smallest absolute Gasteiger partial charge is 0.301 e. The number of hydrogen-bond acceptors (Lipinski definition) is 11. The number of nitrogens with zero attached hydrogens (tertiary/aromatic N) is 5. The number of amides is 2. The van der Waals surface area contributed by atoms with Crippen LogP contribution in [0.3, 0.4) is 0 Å². The quantitative estimate of drug-likeness (QED) is 0.0790. The van der Waals surface area contributed by atoms with Crippen LogP contribution in [-0.4, -0.2) is 126 Å². The first kappa shape index (κ1) is 43.5. The Morgan fingerprint density at radius 3 is 2.30 bits per heavy atom. The van der Waals surface area contributed by atoms with E-state index in [2.05, 4.69) is 52.2 Å². The number of aliphatic hydroxyl groups is 1. The summed E-state index contributed by atoms with van der Waals surface area (Å²) in [6, 6.07) is 19.3. The van der Waals surface area contributed by atoms with E-state index in [4.69, 9.17) is 0 Å². The highest BCUT2D eigenvalue weighted by atomic mass is 32.2. The zero-order chi connectivity index (χ0) is 44.5.